The van der Waals surface area contributed by atoms with Crippen LogP contribution in [0.5, 0.6) is 5.75 Å². The van der Waals surface area contributed by atoms with Crippen LogP contribution in [-0.4, -0.2) is 42.0 Å². The second-order valence-electron chi connectivity index (χ2n) is 8.44. The fourth-order valence-corrected chi connectivity index (χ4v) is 3.87. The first-order chi connectivity index (χ1) is 13.5. The van der Waals surface area contributed by atoms with Crippen molar-refractivity contribution < 1.29 is 18.3 Å². The third-order valence-electron chi connectivity index (χ3n) is 4.68. The van der Waals surface area contributed by atoms with E-state index in [2.05, 4.69) is 25.8 Å². The van der Waals surface area contributed by atoms with Crippen molar-refractivity contribution in [1.82, 2.24) is 9.55 Å². The average molecular weight is 417 g/mol. The van der Waals surface area contributed by atoms with Crippen molar-refractivity contribution >= 4 is 20.9 Å². The smallest absolute Gasteiger partial charge is 0.154 e. The summed E-state index contributed by atoms with van der Waals surface area (Å²) in [5.41, 5.74) is 2.77. The molecule has 3 rings (SSSR count). The van der Waals surface area contributed by atoms with Crippen molar-refractivity contribution in [1.29, 1.82) is 0 Å². The van der Waals surface area contributed by atoms with Gasteiger partial charge < -0.3 is 14.4 Å². The molecule has 1 N–H and O–H groups in total. The Labute approximate surface area is 172 Å². The van der Waals surface area contributed by atoms with Gasteiger partial charge in [0.15, 0.2) is 9.84 Å². The highest BCUT2D eigenvalue weighted by molar-refractivity contribution is 7.89. The Kier molecular flexibility index (Phi) is 6.00. The minimum atomic E-state index is -3.25. The van der Waals surface area contributed by atoms with E-state index in [4.69, 9.17) is 4.74 Å². The maximum absolute atomic E-state index is 11.8. The first-order valence-corrected chi connectivity index (χ1v) is 11.6. The minimum Gasteiger partial charge on any atom is -0.491 e. The van der Waals surface area contributed by atoms with Crippen LogP contribution < -0.4 is 4.74 Å². The zero-order valence-corrected chi connectivity index (χ0v) is 18.1. The van der Waals surface area contributed by atoms with Crippen LogP contribution in [0.25, 0.3) is 11.0 Å². The van der Waals surface area contributed by atoms with Gasteiger partial charge in [0, 0.05) is 6.26 Å². The van der Waals surface area contributed by atoms with Crippen molar-refractivity contribution in [3.8, 4) is 5.75 Å². The third kappa shape index (κ3) is 5.58. The number of hydrogen-bond donors (Lipinski definition) is 1. The molecule has 0 saturated heterocycles. The molecule has 0 saturated carbocycles. The van der Waals surface area contributed by atoms with Crippen LogP contribution in [0.1, 0.15) is 32.2 Å². The monoisotopic (exact) mass is 416 g/mol. The van der Waals surface area contributed by atoms with E-state index in [-0.39, 0.29) is 24.3 Å². The highest BCUT2D eigenvalue weighted by atomic mass is 32.2. The number of benzene rings is 2. The summed E-state index contributed by atoms with van der Waals surface area (Å²) in [4.78, 5) is 4.43. The Balaban J connectivity index is 1.72. The molecular formula is C22H28N2O4S. The predicted molar refractivity (Wildman–Crippen MR) is 115 cm³/mol. The second kappa shape index (κ2) is 8.16. The summed E-state index contributed by atoms with van der Waals surface area (Å²) in [7, 11) is -3.25. The van der Waals surface area contributed by atoms with Crippen molar-refractivity contribution in [2.45, 2.75) is 44.6 Å². The molecule has 0 radical (unpaired) electrons. The molecule has 0 aliphatic rings. The van der Waals surface area contributed by atoms with Crippen LogP contribution in [0.2, 0.25) is 0 Å². The number of para-hydroxylation sites is 2. The van der Waals surface area contributed by atoms with Gasteiger partial charge in [-0.25, -0.2) is 13.4 Å². The maximum atomic E-state index is 11.8. The van der Waals surface area contributed by atoms with Crippen molar-refractivity contribution in [3.63, 3.8) is 0 Å². The number of aromatic nitrogens is 2. The lowest BCUT2D eigenvalue weighted by Gasteiger charge is -2.19. The van der Waals surface area contributed by atoms with Crippen LogP contribution in [0.3, 0.4) is 0 Å². The molecule has 1 heterocycles. The van der Waals surface area contributed by atoms with E-state index in [1.807, 2.05) is 48.5 Å². The third-order valence-corrected chi connectivity index (χ3v) is 5.46. The Morgan fingerprint density at radius 1 is 1.10 bits per heavy atom. The number of nitrogens with zero attached hydrogens (tertiary/aromatic N) is 2. The zero-order chi connectivity index (χ0) is 21.2. The van der Waals surface area contributed by atoms with Gasteiger partial charge in [0.05, 0.1) is 17.6 Å². The first-order valence-electron chi connectivity index (χ1n) is 9.56. The SMILES string of the molecule is CC(C)(C)c1ccc(OC[C@@H](O)Cn2c(CS(C)(=O)=O)nc3ccccc32)cc1. The molecule has 0 spiro atoms. The van der Waals surface area contributed by atoms with Gasteiger partial charge in [0.2, 0.25) is 0 Å². The number of imidazole rings is 1. The number of hydrogen-bond acceptors (Lipinski definition) is 5. The van der Waals surface area contributed by atoms with Crippen LogP contribution in [0, 0.1) is 0 Å². The quantitative estimate of drug-likeness (QED) is 0.639. The van der Waals surface area contributed by atoms with E-state index < -0.39 is 15.9 Å². The summed E-state index contributed by atoms with van der Waals surface area (Å²) >= 11 is 0. The molecule has 1 aromatic heterocycles. The Morgan fingerprint density at radius 2 is 1.76 bits per heavy atom. The highest BCUT2D eigenvalue weighted by Gasteiger charge is 2.18. The average Bonchev–Trinajstić information content (AvgIpc) is 2.95. The molecule has 0 aliphatic carbocycles. The molecule has 0 amide bonds. The summed E-state index contributed by atoms with van der Waals surface area (Å²) in [6.07, 6.45) is 0.366. The molecule has 0 unspecified atom stereocenters. The van der Waals surface area contributed by atoms with Gasteiger partial charge in [-0.05, 0) is 35.2 Å². The number of sulfone groups is 1. The molecule has 0 bridgehead atoms. The van der Waals surface area contributed by atoms with Crippen LogP contribution in [0.4, 0.5) is 0 Å². The molecular weight excluding hydrogens is 388 g/mol. The summed E-state index contributed by atoms with van der Waals surface area (Å²) in [6.45, 7) is 6.74. The van der Waals surface area contributed by atoms with Crippen molar-refractivity contribution in [2.24, 2.45) is 0 Å². The van der Waals surface area contributed by atoms with Crippen molar-refractivity contribution in [3.05, 3.63) is 59.9 Å². The fourth-order valence-electron chi connectivity index (χ4n) is 3.18. The van der Waals surface area contributed by atoms with Gasteiger partial charge in [0.25, 0.3) is 0 Å². The fraction of sp³-hybridized carbons (Fsp3) is 0.409. The van der Waals surface area contributed by atoms with E-state index >= 15 is 0 Å². The zero-order valence-electron chi connectivity index (χ0n) is 17.3. The first kappa shape index (κ1) is 21.3. The topological polar surface area (TPSA) is 81.4 Å². The molecule has 0 fully saturated rings. The predicted octanol–water partition coefficient (Wildman–Crippen LogP) is 3.32. The molecule has 3 aromatic rings. The van der Waals surface area contributed by atoms with E-state index in [9.17, 15) is 13.5 Å². The normalized spacial score (nSPS) is 13.6. The van der Waals surface area contributed by atoms with Crippen LogP contribution in [-0.2, 0) is 27.5 Å². The van der Waals surface area contributed by atoms with E-state index in [1.54, 1.807) is 4.57 Å². The van der Waals surface area contributed by atoms with Crippen LogP contribution in [0.15, 0.2) is 48.5 Å². The van der Waals surface area contributed by atoms with E-state index in [0.717, 1.165) is 5.52 Å². The summed E-state index contributed by atoms with van der Waals surface area (Å²) in [6, 6.07) is 15.3. The van der Waals surface area contributed by atoms with Crippen LogP contribution >= 0.6 is 0 Å². The lowest BCUT2D eigenvalue weighted by molar-refractivity contribution is 0.0928. The second-order valence-corrected chi connectivity index (χ2v) is 10.6. The Hall–Kier alpha value is -2.38. The van der Waals surface area contributed by atoms with Gasteiger partial charge in [-0.2, -0.15) is 0 Å². The van der Waals surface area contributed by atoms with Gasteiger partial charge in [-0.3, -0.25) is 0 Å². The lowest BCUT2D eigenvalue weighted by Crippen LogP contribution is -2.25. The lowest BCUT2D eigenvalue weighted by atomic mass is 9.87. The molecule has 7 heteroatoms. The summed E-state index contributed by atoms with van der Waals surface area (Å²) in [5.74, 6) is 0.926. The molecule has 29 heavy (non-hydrogen) atoms. The number of aliphatic hydroxyl groups excluding tert-OH is 1. The summed E-state index contributed by atoms with van der Waals surface area (Å²) in [5, 5.41) is 10.5. The molecule has 156 valence electrons. The van der Waals surface area contributed by atoms with Gasteiger partial charge in [-0.1, -0.05) is 45.0 Å². The van der Waals surface area contributed by atoms with E-state index in [1.165, 1.54) is 11.8 Å². The maximum Gasteiger partial charge on any atom is 0.154 e. The number of ether oxygens (including phenoxy) is 1. The molecule has 2 aromatic carbocycles. The standard InChI is InChI=1S/C22H28N2O4S/c1-22(2,3)16-9-11-18(12-10-16)28-14-17(25)13-24-20-8-6-5-7-19(20)23-21(24)15-29(4,26)27/h5-12,17,25H,13-15H2,1-4H3/t17-/m0/s1. The van der Waals surface area contributed by atoms with Gasteiger partial charge in [-0.15, -0.1) is 0 Å². The van der Waals surface area contributed by atoms with Gasteiger partial charge in [0.1, 0.15) is 30.0 Å². The molecule has 6 nitrogen and oxygen atoms in total. The van der Waals surface area contributed by atoms with Gasteiger partial charge >= 0.3 is 0 Å². The highest BCUT2D eigenvalue weighted by Crippen LogP contribution is 2.24. The molecule has 0 aliphatic heterocycles. The number of aliphatic hydroxyl groups is 1. The van der Waals surface area contributed by atoms with Crippen molar-refractivity contribution in [2.75, 3.05) is 12.9 Å². The van der Waals surface area contributed by atoms with E-state index in [0.29, 0.717) is 17.1 Å². The summed E-state index contributed by atoms with van der Waals surface area (Å²) < 4.78 is 31.1. The number of rotatable bonds is 7. The molecule has 1 atom stereocenters. The largest absolute Gasteiger partial charge is 0.491 e. The number of fused-ring (bicyclic) bond motifs is 1. The Bertz CT molecular complexity index is 1080. The Morgan fingerprint density at radius 3 is 2.38 bits per heavy atom. The minimum absolute atomic E-state index is 0.0660.